The summed E-state index contributed by atoms with van der Waals surface area (Å²) < 4.78 is 0. The van der Waals surface area contributed by atoms with Gasteiger partial charge < -0.3 is 0 Å². The first-order valence-electron chi connectivity index (χ1n) is 7.00. The summed E-state index contributed by atoms with van der Waals surface area (Å²) in [6, 6.07) is 0. The molecule has 0 radical (unpaired) electrons. The van der Waals surface area contributed by atoms with E-state index in [-0.39, 0.29) is 0 Å². The van der Waals surface area contributed by atoms with Gasteiger partial charge in [0.2, 0.25) is 0 Å². The summed E-state index contributed by atoms with van der Waals surface area (Å²) in [7, 11) is 0. The molecule has 2 bridgehead atoms. The highest BCUT2D eigenvalue weighted by molar-refractivity contribution is 5.18. The third-order valence-electron chi connectivity index (χ3n) is 6.13. The number of fused-ring (bicyclic) bond motifs is 1. The van der Waals surface area contributed by atoms with Gasteiger partial charge in [-0.2, -0.15) is 0 Å². The second kappa shape index (κ2) is 2.90. The van der Waals surface area contributed by atoms with E-state index < -0.39 is 0 Å². The Bertz CT molecular complexity index is 303. The maximum Gasteiger partial charge on any atom is -0.0172 e. The van der Waals surface area contributed by atoms with Gasteiger partial charge in [-0.15, -0.1) is 0 Å². The SMILES string of the molecule is C=C1CC2CC3CC4CCCC1C2C3C4. The molecule has 0 heteroatoms. The molecule has 82 valence electrons. The van der Waals surface area contributed by atoms with Crippen molar-refractivity contribution in [2.45, 2.75) is 44.9 Å². The van der Waals surface area contributed by atoms with Crippen molar-refractivity contribution in [2.75, 3.05) is 0 Å². The molecule has 4 saturated carbocycles. The smallest absolute Gasteiger partial charge is 0.0172 e. The highest BCUT2D eigenvalue weighted by Gasteiger charge is 2.54. The van der Waals surface area contributed by atoms with Crippen molar-refractivity contribution in [3.05, 3.63) is 12.2 Å². The standard InChI is InChI=1S/C15H22/c1-9-5-12-8-11-6-10-3-2-4-13(9)15(12)14(11)7-10/h10-15H,1-8H2. The Hall–Kier alpha value is -0.260. The third kappa shape index (κ3) is 1.09. The van der Waals surface area contributed by atoms with Gasteiger partial charge in [0.25, 0.3) is 0 Å². The molecule has 0 aromatic heterocycles. The molecule has 0 aliphatic heterocycles. The summed E-state index contributed by atoms with van der Waals surface area (Å²) in [5.41, 5.74) is 1.63. The van der Waals surface area contributed by atoms with Gasteiger partial charge in [0.15, 0.2) is 0 Å². The fraction of sp³-hybridized carbons (Fsp3) is 0.867. The van der Waals surface area contributed by atoms with Crippen LogP contribution in [0.4, 0.5) is 0 Å². The van der Waals surface area contributed by atoms with Crippen LogP contribution in [0.15, 0.2) is 12.2 Å². The van der Waals surface area contributed by atoms with Crippen molar-refractivity contribution in [3.8, 4) is 0 Å². The van der Waals surface area contributed by atoms with Crippen molar-refractivity contribution >= 4 is 0 Å². The van der Waals surface area contributed by atoms with Crippen LogP contribution in [0.25, 0.3) is 0 Å². The van der Waals surface area contributed by atoms with Crippen LogP contribution in [0.3, 0.4) is 0 Å². The zero-order valence-electron chi connectivity index (χ0n) is 9.62. The Labute approximate surface area is 93.1 Å². The third-order valence-corrected chi connectivity index (χ3v) is 6.13. The van der Waals surface area contributed by atoms with Gasteiger partial charge in [-0.25, -0.2) is 0 Å². The summed E-state index contributed by atoms with van der Waals surface area (Å²) in [5, 5.41) is 0. The Morgan fingerprint density at radius 2 is 1.93 bits per heavy atom. The zero-order valence-corrected chi connectivity index (χ0v) is 9.62. The van der Waals surface area contributed by atoms with E-state index in [2.05, 4.69) is 6.58 Å². The van der Waals surface area contributed by atoms with Gasteiger partial charge in [-0.1, -0.05) is 25.0 Å². The van der Waals surface area contributed by atoms with Crippen molar-refractivity contribution in [1.82, 2.24) is 0 Å². The largest absolute Gasteiger partial charge is 0.0996 e. The number of allylic oxidation sites excluding steroid dienone is 1. The van der Waals surface area contributed by atoms with Gasteiger partial charge in [0.1, 0.15) is 0 Å². The molecule has 0 spiro atoms. The van der Waals surface area contributed by atoms with Crippen LogP contribution in [0.1, 0.15) is 44.9 Å². The molecule has 4 aliphatic rings. The van der Waals surface area contributed by atoms with E-state index in [1.165, 1.54) is 25.7 Å². The van der Waals surface area contributed by atoms with Crippen molar-refractivity contribution in [3.63, 3.8) is 0 Å². The molecule has 0 nitrogen and oxygen atoms in total. The van der Waals surface area contributed by atoms with Gasteiger partial charge in [0, 0.05) is 0 Å². The van der Waals surface area contributed by atoms with Crippen LogP contribution in [-0.4, -0.2) is 0 Å². The molecule has 0 amide bonds. The van der Waals surface area contributed by atoms with Crippen molar-refractivity contribution in [1.29, 1.82) is 0 Å². The summed E-state index contributed by atoms with van der Waals surface area (Å²) in [6.45, 7) is 4.37. The Morgan fingerprint density at radius 1 is 1.00 bits per heavy atom. The maximum absolute atomic E-state index is 4.37. The van der Waals surface area contributed by atoms with Gasteiger partial charge in [-0.3, -0.25) is 0 Å². The average Bonchev–Trinajstić information content (AvgIpc) is 2.74. The molecule has 0 saturated heterocycles. The van der Waals surface area contributed by atoms with E-state index in [9.17, 15) is 0 Å². The second-order valence-electron chi connectivity index (χ2n) is 6.73. The predicted molar refractivity (Wildman–Crippen MR) is 62.4 cm³/mol. The first kappa shape index (κ1) is 8.84. The van der Waals surface area contributed by atoms with Crippen LogP contribution in [0.5, 0.6) is 0 Å². The predicted octanol–water partition coefficient (Wildman–Crippen LogP) is 4.02. The molecule has 15 heavy (non-hydrogen) atoms. The molecule has 0 aromatic rings. The van der Waals surface area contributed by atoms with E-state index in [4.69, 9.17) is 0 Å². The van der Waals surface area contributed by atoms with Crippen molar-refractivity contribution < 1.29 is 0 Å². The minimum absolute atomic E-state index is 0.948. The second-order valence-corrected chi connectivity index (χ2v) is 6.73. The zero-order chi connectivity index (χ0) is 9.99. The Kier molecular flexibility index (Phi) is 1.71. The molecule has 4 fully saturated rings. The fourth-order valence-electron chi connectivity index (χ4n) is 5.78. The van der Waals surface area contributed by atoms with Gasteiger partial charge >= 0.3 is 0 Å². The van der Waals surface area contributed by atoms with E-state index >= 15 is 0 Å². The molecule has 6 unspecified atom stereocenters. The molecule has 0 heterocycles. The molecule has 0 aromatic carbocycles. The van der Waals surface area contributed by atoms with E-state index in [0.717, 1.165) is 35.5 Å². The molecular weight excluding hydrogens is 180 g/mol. The Balaban J connectivity index is 1.74. The quantitative estimate of drug-likeness (QED) is 0.520. The van der Waals surface area contributed by atoms with Crippen LogP contribution >= 0.6 is 0 Å². The van der Waals surface area contributed by atoms with E-state index in [0.29, 0.717) is 0 Å². The lowest BCUT2D eigenvalue weighted by molar-refractivity contribution is 0.227. The number of hydrogen-bond donors (Lipinski definition) is 0. The molecule has 4 aliphatic carbocycles. The molecule has 4 rings (SSSR count). The first-order chi connectivity index (χ1) is 7.33. The summed E-state index contributed by atoms with van der Waals surface area (Å²) in [5.74, 6) is 6.49. The highest BCUT2D eigenvalue weighted by Crippen LogP contribution is 2.63. The lowest BCUT2D eigenvalue weighted by Gasteiger charge is -2.28. The van der Waals surface area contributed by atoms with Crippen LogP contribution in [-0.2, 0) is 0 Å². The number of hydrogen-bond acceptors (Lipinski definition) is 0. The van der Waals surface area contributed by atoms with E-state index in [1.807, 2.05) is 0 Å². The van der Waals surface area contributed by atoms with Gasteiger partial charge in [0.05, 0.1) is 0 Å². The van der Waals surface area contributed by atoms with Crippen LogP contribution in [0, 0.1) is 35.5 Å². The monoisotopic (exact) mass is 202 g/mol. The average molecular weight is 202 g/mol. The first-order valence-corrected chi connectivity index (χ1v) is 7.00. The number of rotatable bonds is 0. The fourth-order valence-corrected chi connectivity index (χ4v) is 5.78. The van der Waals surface area contributed by atoms with Crippen LogP contribution < -0.4 is 0 Å². The Morgan fingerprint density at radius 3 is 2.87 bits per heavy atom. The topological polar surface area (TPSA) is 0 Å². The minimum Gasteiger partial charge on any atom is -0.0996 e. The minimum atomic E-state index is 0.948. The maximum atomic E-state index is 4.37. The van der Waals surface area contributed by atoms with Crippen molar-refractivity contribution in [2.24, 2.45) is 35.5 Å². The highest BCUT2D eigenvalue weighted by atomic mass is 14.6. The van der Waals surface area contributed by atoms with Crippen LogP contribution in [0.2, 0.25) is 0 Å². The summed E-state index contributed by atoms with van der Waals surface area (Å²) >= 11 is 0. The summed E-state index contributed by atoms with van der Waals surface area (Å²) in [6.07, 6.45) is 10.7. The van der Waals surface area contributed by atoms with Gasteiger partial charge in [-0.05, 0) is 67.6 Å². The lowest BCUT2D eigenvalue weighted by atomic mass is 9.77. The van der Waals surface area contributed by atoms with E-state index in [1.54, 1.807) is 24.8 Å². The summed E-state index contributed by atoms with van der Waals surface area (Å²) in [4.78, 5) is 0. The normalized spacial score (nSPS) is 56.9. The molecule has 6 atom stereocenters. The molecular formula is C15H22. The molecule has 0 N–H and O–H groups in total. The lowest BCUT2D eigenvalue weighted by Crippen LogP contribution is -2.21.